The average molecular weight is 229 g/mol. The Morgan fingerprint density at radius 2 is 1.60 bits per heavy atom. The molecule has 0 atom stereocenters. The second-order valence-corrected chi connectivity index (χ2v) is 5.62. The van der Waals surface area contributed by atoms with Gasteiger partial charge in [-0.3, -0.25) is 4.90 Å². The van der Waals surface area contributed by atoms with E-state index < -0.39 is 0 Å². The van der Waals surface area contributed by atoms with Crippen LogP contribution in [0.25, 0.3) is 0 Å². The summed E-state index contributed by atoms with van der Waals surface area (Å²) in [5.74, 6) is 2.70. The standard InChI is InChI=1S/C11H23N3S/c1-4-13(9-11-15-10-1)7-8-14-5-2-12-3-6-14/h12H,1-11H2. The molecule has 3 nitrogen and oxygen atoms in total. The molecule has 0 unspecified atom stereocenters. The summed E-state index contributed by atoms with van der Waals surface area (Å²) in [5.41, 5.74) is 0. The number of nitrogens with one attached hydrogen (secondary N) is 1. The minimum Gasteiger partial charge on any atom is -0.314 e. The molecule has 15 heavy (non-hydrogen) atoms. The summed E-state index contributed by atoms with van der Waals surface area (Å²) < 4.78 is 0. The predicted molar refractivity (Wildman–Crippen MR) is 67.7 cm³/mol. The third-order valence-electron chi connectivity index (χ3n) is 3.26. The van der Waals surface area contributed by atoms with Gasteiger partial charge >= 0.3 is 0 Å². The van der Waals surface area contributed by atoms with Crippen LogP contribution in [-0.2, 0) is 0 Å². The van der Waals surface area contributed by atoms with Crippen LogP contribution in [0, 0.1) is 0 Å². The topological polar surface area (TPSA) is 18.5 Å². The van der Waals surface area contributed by atoms with E-state index in [9.17, 15) is 0 Å². The molecule has 88 valence electrons. The molecule has 0 radical (unpaired) electrons. The lowest BCUT2D eigenvalue weighted by atomic mass is 10.3. The van der Waals surface area contributed by atoms with Crippen molar-refractivity contribution in [1.82, 2.24) is 15.1 Å². The van der Waals surface area contributed by atoms with Gasteiger partial charge in [0.15, 0.2) is 0 Å². The number of piperazine rings is 1. The highest BCUT2D eigenvalue weighted by atomic mass is 32.2. The Hall–Kier alpha value is 0.230. The molecule has 0 aliphatic carbocycles. The highest BCUT2D eigenvalue weighted by Gasteiger charge is 2.12. The highest BCUT2D eigenvalue weighted by molar-refractivity contribution is 7.99. The molecular formula is C11H23N3S. The van der Waals surface area contributed by atoms with Crippen LogP contribution < -0.4 is 5.32 Å². The van der Waals surface area contributed by atoms with E-state index in [1.54, 1.807) is 0 Å². The highest BCUT2D eigenvalue weighted by Crippen LogP contribution is 2.09. The first kappa shape index (κ1) is 11.7. The van der Waals surface area contributed by atoms with Gasteiger partial charge in [-0.2, -0.15) is 11.8 Å². The quantitative estimate of drug-likeness (QED) is 0.751. The molecule has 2 heterocycles. The Morgan fingerprint density at radius 3 is 2.40 bits per heavy atom. The molecule has 2 aliphatic heterocycles. The lowest BCUT2D eigenvalue weighted by Gasteiger charge is -2.29. The SMILES string of the molecule is C1CSCCN(CCN2CCNCC2)C1. The maximum absolute atomic E-state index is 3.40. The first-order valence-corrected chi connectivity index (χ1v) is 7.34. The summed E-state index contributed by atoms with van der Waals surface area (Å²) in [7, 11) is 0. The summed E-state index contributed by atoms with van der Waals surface area (Å²) in [4.78, 5) is 5.23. The molecule has 0 aromatic carbocycles. The van der Waals surface area contributed by atoms with Crippen LogP contribution in [0.1, 0.15) is 6.42 Å². The van der Waals surface area contributed by atoms with Crippen LogP contribution in [0.2, 0.25) is 0 Å². The van der Waals surface area contributed by atoms with E-state index in [2.05, 4.69) is 26.9 Å². The van der Waals surface area contributed by atoms with Crippen LogP contribution in [0.4, 0.5) is 0 Å². The Bertz CT molecular complexity index is 163. The van der Waals surface area contributed by atoms with Crippen molar-refractivity contribution < 1.29 is 0 Å². The molecule has 2 saturated heterocycles. The second-order valence-electron chi connectivity index (χ2n) is 4.40. The van der Waals surface area contributed by atoms with Gasteiger partial charge in [-0.25, -0.2) is 0 Å². The Labute approximate surface area is 97.6 Å². The molecule has 0 saturated carbocycles. The Morgan fingerprint density at radius 1 is 0.867 bits per heavy atom. The predicted octanol–water partition coefficient (Wildman–Crippen LogP) is 0.331. The largest absolute Gasteiger partial charge is 0.314 e. The van der Waals surface area contributed by atoms with Crippen LogP contribution >= 0.6 is 11.8 Å². The van der Waals surface area contributed by atoms with Gasteiger partial charge in [0.25, 0.3) is 0 Å². The molecular weight excluding hydrogens is 206 g/mol. The molecule has 1 N–H and O–H groups in total. The minimum absolute atomic E-state index is 1.18. The van der Waals surface area contributed by atoms with Crippen LogP contribution in [0.3, 0.4) is 0 Å². The van der Waals surface area contributed by atoms with Crippen molar-refractivity contribution >= 4 is 11.8 Å². The summed E-state index contributed by atoms with van der Waals surface area (Å²) in [6, 6.07) is 0. The smallest absolute Gasteiger partial charge is 0.0110 e. The molecule has 0 aromatic rings. The van der Waals surface area contributed by atoms with Crippen molar-refractivity contribution in [3.63, 3.8) is 0 Å². The fraction of sp³-hybridized carbons (Fsp3) is 1.00. The van der Waals surface area contributed by atoms with E-state index in [0.29, 0.717) is 0 Å². The van der Waals surface area contributed by atoms with Crippen molar-refractivity contribution in [2.45, 2.75) is 6.42 Å². The fourth-order valence-electron chi connectivity index (χ4n) is 2.24. The zero-order valence-electron chi connectivity index (χ0n) is 9.58. The van der Waals surface area contributed by atoms with Crippen molar-refractivity contribution in [3.05, 3.63) is 0 Å². The van der Waals surface area contributed by atoms with Gasteiger partial charge in [-0.15, -0.1) is 0 Å². The van der Waals surface area contributed by atoms with E-state index in [-0.39, 0.29) is 0 Å². The molecule has 2 fully saturated rings. The summed E-state index contributed by atoms with van der Waals surface area (Å²) >= 11 is 2.12. The summed E-state index contributed by atoms with van der Waals surface area (Å²) in [6.45, 7) is 10.00. The second kappa shape index (κ2) is 6.74. The van der Waals surface area contributed by atoms with Gasteiger partial charge in [0.05, 0.1) is 0 Å². The van der Waals surface area contributed by atoms with Crippen LogP contribution in [-0.4, -0.2) is 73.7 Å². The van der Waals surface area contributed by atoms with Gasteiger partial charge in [-0.1, -0.05) is 0 Å². The molecule has 0 amide bonds. The fourth-order valence-corrected chi connectivity index (χ4v) is 3.16. The monoisotopic (exact) mass is 229 g/mol. The summed E-state index contributed by atoms with van der Waals surface area (Å²) in [6.07, 6.45) is 1.38. The number of nitrogens with zero attached hydrogens (tertiary/aromatic N) is 2. The molecule has 4 heteroatoms. The van der Waals surface area contributed by atoms with E-state index in [0.717, 1.165) is 0 Å². The average Bonchev–Trinajstić information content (AvgIpc) is 2.56. The van der Waals surface area contributed by atoms with E-state index in [4.69, 9.17) is 0 Å². The number of hydrogen-bond donors (Lipinski definition) is 1. The number of hydrogen-bond acceptors (Lipinski definition) is 4. The number of thioether (sulfide) groups is 1. The normalized spacial score (nSPS) is 26.4. The Balaban J connectivity index is 1.62. The van der Waals surface area contributed by atoms with Crippen LogP contribution in [0.15, 0.2) is 0 Å². The van der Waals surface area contributed by atoms with Crippen molar-refractivity contribution in [2.24, 2.45) is 0 Å². The molecule has 0 spiro atoms. The van der Waals surface area contributed by atoms with E-state index >= 15 is 0 Å². The van der Waals surface area contributed by atoms with Crippen molar-refractivity contribution in [3.8, 4) is 0 Å². The zero-order valence-corrected chi connectivity index (χ0v) is 10.4. The lowest BCUT2D eigenvalue weighted by molar-refractivity contribution is 0.194. The third kappa shape index (κ3) is 4.31. The first-order chi connectivity index (χ1) is 7.45. The minimum atomic E-state index is 1.18. The van der Waals surface area contributed by atoms with Gasteiger partial charge < -0.3 is 10.2 Å². The molecule has 2 rings (SSSR count). The van der Waals surface area contributed by atoms with Gasteiger partial charge in [0, 0.05) is 51.6 Å². The zero-order chi connectivity index (χ0) is 10.3. The maximum Gasteiger partial charge on any atom is 0.0110 e. The van der Waals surface area contributed by atoms with Crippen LogP contribution in [0.5, 0.6) is 0 Å². The van der Waals surface area contributed by atoms with E-state index in [1.807, 2.05) is 0 Å². The first-order valence-electron chi connectivity index (χ1n) is 6.18. The van der Waals surface area contributed by atoms with E-state index in [1.165, 1.54) is 70.3 Å². The van der Waals surface area contributed by atoms with Gasteiger partial charge in [0.1, 0.15) is 0 Å². The molecule has 0 aromatic heterocycles. The lowest BCUT2D eigenvalue weighted by Crippen LogP contribution is -2.46. The van der Waals surface area contributed by atoms with Gasteiger partial charge in [-0.05, 0) is 18.7 Å². The van der Waals surface area contributed by atoms with Crippen molar-refractivity contribution in [1.29, 1.82) is 0 Å². The Kier molecular flexibility index (Phi) is 5.26. The van der Waals surface area contributed by atoms with Gasteiger partial charge in [0.2, 0.25) is 0 Å². The van der Waals surface area contributed by atoms with Crippen molar-refractivity contribution in [2.75, 3.05) is 63.9 Å². The summed E-state index contributed by atoms with van der Waals surface area (Å²) in [5, 5.41) is 3.40. The molecule has 0 bridgehead atoms. The molecule has 2 aliphatic rings. The number of rotatable bonds is 3. The maximum atomic E-state index is 3.40. The third-order valence-corrected chi connectivity index (χ3v) is 4.31.